The van der Waals surface area contributed by atoms with Crippen LogP contribution < -0.4 is 4.90 Å². The molecule has 0 amide bonds. The van der Waals surface area contributed by atoms with E-state index < -0.39 is 24.1 Å². The van der Waals surface area contributed by atoms with Gasteiger partial charge in [-0.25, -0.2) is 4.39 Å². The Morgan fingerprint density at radius 1 is 1.40 bits per heavy atom. The number of alkyl halides is 3. The van der Waals surface area contributed by atoms with E-state index in [0.717, 1.165) is 6.07 Å². The van der Waals surface area contributed by atoms with E-state index in [-0.39, 0.29) is 17.7 Å². The Kier molecular flexibility index (Phi) is 3.86. The number of rotatable bonds is 2. The molecule has 2 atom stereocenters. The van der Waals surface area contributed by atoms with Gasteiger partial charge in [0.25, 0.3) is 0 Å². The van der Waals surface area contributed by atoms with Gasteiger partial charge in [0, 0.05) is 12.2 Å². The lowest BCUT2D eigenvalue weighted by Gasteiger charge is -2.31. The van der Waals surface area contributed by atoms with Gasteiger partial charge in [0.15, 0.2) is 6.10 Å². The third kappa shape index (κ3) is 2.70. The average molecular weight is 288 g/mol. The van der Waals surface area contributed by atoms with Gasteiger partial charge in [-0.15, -0.1) is 0 Å². The van der Waals surface area contributed by atoms with Gasteiger partial charge >= 0.3 is 6.18 Å². The molecule has 1 unspecified atom stereocenters. The first-order chi connectivity index (χ1) is 9.34. The number of halogens is 4. The van der Waals surface area contributed by atoms with Gasteiger partial charge < -0.3 is 10.0 Å². The molecule has 0 aliphatic carbocycles. The molecule has 0 bridgehead atoms. The molecule has 1 aromatic rings. The van der Waals surface area contributed by atoms with E-state index in [1.807, 2.05) is 0 Å². The van der Waals surface area contributed by atoms with Crippen LogP contribution in [0.3, 0.4) is 0 Å². The van der Waals surface area contributed by atoms with Gasteiger partial charge in [-0.3, -0.25) is 0 Å². The van der Waals surface area contributed by atoms with Gasteiger partial charge in [-0.1, -0.05) is 0 Å². The van der Waals surface area contributed by atoms with E-state index in [4.69, 9.17) is 5.26 Å². The largest absolute Gasteiger partial charge is 0.416 e. The zero-order valence-corrected chi connectivity index (χ0v) is 10.4. The normalized spacial score (nSPS) is 20.8. The van der Waals surface area contributed by atoms with Crippen LogP contribution in [0.4, 0.5) is 23.2 Å². The maximum atomic E-state index is 13.5. The maximum Gasteiger partial charge on any atom is 0.416 e. The van der Waals surface area contributed by atoms with Gasteiger partial charge in [0.2, 0.25) is 0 Å². The van der Waals surface area contributed by atoms with Crippen molar-refractivity contribution >= 4 is 5.69 Å². The topological polar surface area (TPSA) is 47.3 Å². The highest BCUT2D eigenvalue weighted by Crippen LogP contribution is 2.34. The highest BCUT2D eigenvalue weighted by Gasteiger charge is 2.47. The van der Waals surface area contributed by atoms with E-state index in [9.17, 15) is 22.7 Å². The molecule has 0 radical (unpaired) electrons. The standard InChI is InChI=1S/C13H12F4N2O/c14-10-6-9(4-3-8(10)7-18)19-5-1-2-11(19)12(20)13(15,16)17/h3-4,6,11-12,20H,1-2,5H2/t11?,12-/m0/s1. The second-order valence-electron chi connectivity index (χ2n) is 4.67. The van der Waals surface area contributed by atoms with Crippen LogP contribution in [0.15, 0.2) is 18.2 Å². The minimum Gasteiger partial charge on any atom is -0.382 e. The lowest BCUT2D eigenvalue weighted by molar-refractivity contribution is -0.209. The average Bonchev–Trinajstić information content (AvgIpc) is 2.85. The number of hydrogen-bond acceptors (Lipinski definition) is 3. The summed E-state index contributed by atoms with van der Waals surface area (Å²) in [6.07, 6.45) is -6.51. The molecule has 1 saturated heterocycles. The monoisotopic (exact) mass is 288 g/mol. The number of hydrogen-bond donors (Lipinski definition) is 1. The SMILES string of the molecule is N#Cc1ccc(N2CCCC2[C@H](O)C(F)(F)F)cc1F. The van der Waals surface area contributed by atoms with Crippen molar-refractivity contribution in [3.8, 4) is 6.07 Å². The Labute approximate surface area is 113 Å². The molecule has 0 aromatic heterocycles. The van der Waals surface area contributed by atoms with Crippen LogP contribution in [0.25, 0.3) is 0 Å². The first kappa shape index (κ1) is 14.6. The number of aliphatic hydroxyl groups is 1. The van der Waals surface area contributed by atoms with Crippen molar-refractivity contribution in [2.45, 2.75) is 31.2 Å². The highest BCUT2D eigenvalue weighted by molar-refractivity contribution is 5.52. The Bertz CT molecular complexity index is 538. The molecule has 1 aromatic carbocycles. The Balaban J connectivity index is 2.28. The second-order valence-corrected chi connectivity index (χ2v) is 4.67. The molecule has 0 spiro atoms. The zero-order chi connectivity index (χ0) is 14.9. The van der Waals surface area contributed by atoms with Crippen molar-refractivity contribution < 1.29 is 22.7 Å². The molecule has 7 heteroatoms. The van der Waals surface area contributed by atoms with Gasteiger partial charge in [-0.05, 0) is 31.0 Å². The van der Waals surface area contributed by atoms with Crippen LogP contribution in [-0.2, 0) is 0 Å². The van der Waals surface area contributed by atoms with E-state index in [1.54, 1.807) is 6.07 Å². The van der Waals surface area contributed by atoms with Crippen molar-refractivity contribution in [2.75, 3.05) is 11.4 Å². The molecule has 3 nitrogen and oxygen atoms in total. The van der Waals surface area contributed by atoms with Crippen molar-refractivity contribution in [3.05, 3.63) is 29.6 Å². The van der Waals surface area contributed by atoms with E-state index in [1.165, 1.54) is 17.0 Å². The summed E-state index contributed by atoms with van der Waals surface area (Å²) in [6.45, 7) is 0.309. The first-order valence-electron chi connectivity index (χ1n) is 6.05. The predicted octanol–water partition coefficient (Wildman–Crippen LogP) is 2.59. The summed E-state index contributed by atoms with van der Waals surface area (Å²) >= 11 is 0. The van der Waals surface area contributed by atoms with E-state index in [2.05, 4.69) is 0 Å². The Morgan fingerprint density at radius 3 is 2.65 bits per heavy atom. The van der Waals surface area contributed by atoms with Crippen molar-refractivity contribution in [1.82, 2.24) is 0 Å². The molecule has 1 heterocycles. The summed E-state index contributed by atoms with van der Waals surface area (Å²) in [4.78, 5) is 1.34. The van der Waals surface area contributed by atoms with E-state index in [0.29, 0.717) is 13.0 Å². The fraction of sp³-hybridized carbons (Fsp3) is 0.462. The second kappa shape index (κ2) is 5.29. The molecular weight excluding hydrogens is 276 g/mol. The number of nitrogens with zero attached hydrogens (tertiary/aromatic N) is 2. The summed E-state index contributed by atoms with van der Waals surface area (Å²) < 4.78 is 51.3. The number of aliphatic hydroxyl groups excluding tert-OH is 1. The number of anilines is 1. The minimum absolute atomic E-state index is 0.166. The third-order valence-corrected chi connectivity index (χ3v) is 3.40. The van der Waals surface area contributed by atoms with Crippen molar-refractivity contribution in [2.24, 2.45) is 0 Å². The maximum absolute atomic E-state index is 13.5. The van der Waals surface area contributed by atoms with Gasteiger partial charge in [0.1, 0.15) is 11.9 Å². The summed E-state index contributed by atoms with van der Waals surface area (Å²) in [6, 6.07) is 4.17. The fourth-order valence-electron chi connectivity index (χ4n) is 2.43. The predicted molar refractivity (Wildman–Crippen MR) is 63.5 cm³/mol. The molecule has 2 rings (SSSR count). The summed E-state index contributed by atoms with van der Waals surface area (Å²) in [5.41, 5.74) is 0.0770. The third-order valence-electron chi connectivity index (χ3n) is 3.40. The molecule has 20 heavy (non-hydrogen) atoms. The lowest BCUT2D eigenvalue weighted by Crippen LogP contribution is -2.47. The van der Waals surface area contributed by atoms with Gasteiger partial charge in [0.05, 0.1) is 11.6 Å². The van der Waals surface area contributed by atoms with Crippen molar-refractivity contribution in [3.63, 3.8) is 0 Å². The van der Waals surface area contributed by atoms with Crippen LogP contribution in [0.5, 0.6) is 0 Å². The molecule has 1 aliphatic rings. The molecule has 0 saturated carbocycles. The smallest absolute Gasteiger partial charge is 0.382 e. The Morgan fingerprint density at radius 2 is 2.10 bits per heavy atom. The lowest BCUT2D eigenvalue weighted by atomic mass is 10.1. The number of benzene rings is 1. The number of nitriles is 1. The van der Waals surface area contributed by atoms with Crippen LogP contribution in [-0.4, -0.2) is 30.0 Å². The molecule has 1 aliphatic heterocycles. The molecule has 1 N–H and O–H groups in total. The van der Waals surface area contributed by atoms with Gasteiger partial charge in [-0.2, -0.15) is 18.4 Å². The summed E-state index contributed by atoms with van der Waals surface area (Å²) in [7, 11) is 0. The van der Waals surface area contributed by atoms with Crippen LogP contribution in [0, 0.1) is 17.1 Å². The quantitative estimate of drug-likeness (QED) is 0.851. The molecular formula is C13H12F4N2O. The van der Waals surface area contributed by atoms with Crippen LogP contribution in [0.1, 0.15) is 18.4 Å². The summed E-state index contributed by atoms with van der Waals surface area (Å²) in [5.74, 6) is -0.780. The Hall–Kier alpha value is -1.81. The molecule has 108 valence electrons. The van der Waals surface area contributed by atoms with Crippen molar-refractivity contribution in [1.29, 1.82) is 5.26 Å². The van der Waals surface area contributed by atoms with Crippen LogP contribution >= 0.6 is 0 Å². The minimum atomic E-state index is -4.71. The fourth-order valence-corrected chi connectivity index (χ4v) is 2.43. The molecule has 1 fully saturated rings. The summed E-state index contributed by atoms with van der Waals surface area (Å²) in [5, 5.41) is 18.0. The van der Waals surface area contributed by atoms with E-state index >= 15 is 0 Å². The first-order valence-corrected chi connectivity index (χ1v) is 6.05. The highest BCUT2D eigenvalue weighted by atomic mass is 19.4. The zero-order valence-electron chi connectivity index (χ0n) is 10.4. The van der Waals surface area contributed by atoms with Crippen LogP contribution in [0.2, 0.25) is 0 Å².